The first-order chi connectivity index (χ1) is 16.6. The maximum Gasteiger partial charge on any atom is 0.172 e. The Morgan fingerprint density at radius 2 is 2.00 bits per heavy atom. The van der Waals surface area contributed by atoms with E-state index in [4.69, 9.17) is 10.2 Å². The van der Waals surface area contributed by atoms with Crippen LogP contribution in [0.4, 0.5) is 5.82 Å². The van der Waals surface area contributed by atoms with Gasteiger partial charge in [-0.2, -0.15) is 14.9 Å². The SMILES string of the molecule is N#Cc1ccc(CN2CCCC(CNc3cc(-c4ccccc4O)nc4c(Br)cnn34)C2)cc1. The summed E-state index contributed by atoms with van der Waals surface area (Å²) in [6.07, 6.45) is 4.06. The van der Waals surface area contributed by atoms with Crippen molar-refractivity contribution in [2.24, 2.45) is 5.92 Å². The van der Waals surface area contributed by atoms with Crippen LogP contribution in [-0.2, 0) is 6.54 Å². The molecule has 0 aliphatic carbocycles. The van der Waals surface area contributed by atoms with Gasteiger partial charge in [0.05, 0.1) is 28.0 Å². The lowest BCUT2D eigenvalue weighted by atomic mass is 9.97. The summed E-state index contributed by atoms with van der Waals surface area (Å²) >= 11 is 3.54. The van der Waals surface area contributed by atoms with Crippen LogP contribution in [0.25, 0.3) is 16.9 Å². The first-order valence-corrected chi connectivity index (χ1v) is 12.2. The molecule has 1 unspecified atom stereocenters. The summed E-state index contributed by atoms with van der Waals surface area (Å²) in [5.41, 5.74) is 4.01. The standard InChI is InChI=1S/C26H25BrN6O/c27-22-15-30-33-25(12-23(31-26(22)33)21-5-1-2-6-24(21)34)29-14-20-4-3-11-32(17-20)16-19-9-7-18(13-28)8-10-19/h1-2,5-10,12,15,20,29,34H,3-4,11,14,16-17H2. The lowest BCUT2D eigenvalue weighted by molar-refractivity contribution is 0.173. The molecule has 0 amide bonds. The second-order valence-corrected chi connectivity index (χ2v) is 9.56. The Morgan fingerprint density at radius 1 is 1.18 bits per heavy atom. The quantitative estimate of drug-likeness (QED) is 0.372. The van der Waals surface area contributed by atoms with Crippen LogP contribution in [-0.4, -0.2) is 44.2 Å². The second kappa shape index (κ2) is 9.84. The van der Waals surface area contributed by atoms with Crippen molar-refractivity contribution < 1.29 is 5.11 Å². The fourth-order valence-corrected chi connectivity index (χ4v) is 4.89. The molecule has 7 nitrogen and oxygen atoms in total. The Hall–Kier alpha value is -3.41. The van der Waals surface area contributed by atoms with Crippen molar-refractivity contribution in [1.82, 2.24) is 19.5 Å². The smallest absolute Gasteiger partial charge is 0.172 e. The third kappa shape index (κ3) is 4.76. The number of nitrogens with one attached hydrogen (secondary N) is 1. The molecule has 172 valence electrons. The van der Waals surface area contributed by atoms with Crippen LogP contribution in [0.1, 0.15) is 24.0 Å². The van der Waals surface area contributed by atoms with Gasteiger partial charge >= 0.3 is 0 Å². The van der Waals surface area contributed by atoms with Gasteiger partial charge in [-0.15, -0.1) is 0 Å². The Kier molecular flexibility index (Phi) is 6.48. The zero-order valence-electron chi connectivity index (χ0n) is 18.7. The van der Waals surface area contributed by atoms with Crippen LogP contribution < -0.4 is 5.32 Å². The molecule has 5 rings (SSSR count). The topological polar surface area (TPSA) is 89.5 Å². The normalized spacial score (nSPS) is 16.4. The van der Waals surface area contributed by atoms with Crippen LogP contribution in [0.5, 0.6) is 5.75 Å². The Bertz CT molecular complexity index is 1340. The summed E-state index contributed by atoms with van der Waals surface area (Å²) in [6.45, 7) is 3.81. The summed E-state index contributed by atoms with van der Waals surface area (Å²) in [5.74, 6) is 1.55. The van der Waals surface area contributed by atoms with Crippen molar-refractivity contribution in [3.8, 4) is 23.1 Å². The van der Waals surface area contributed by atoms with Crippen molar-refractivity contribution in [2.75, 3.05) is 25.0 Å². The highest BCUT2D eigenvalue weighted by Crippen LogP contribution is 2.31. The summed E-state index contributed by atoms with van der Waals surface area (Å²) in [7, 11) is 0. The van der Waals surface area contributed by atoms with Gasteiger partial charge in [-0.1, -0.05) is 24.3 Å². The molecule has 3 heterocycles. The Morgan fingerprint density at radius 3 is 2.79 bits per heavy atom. The molecule has 0 spiro atoms. The van der Waals surface area contributed by atoms with Crippen molar-refractivity contribution in [3.05, 3.63) is 76.4 Å². The molecule has 0 saturated carbocycles. The molecular formula is C26H25BrN6O. The lowest BCUT2D eigenvalue weighted by Crippen LogP contribution is -2.37. The molecule has 34 heavy (non-hydrogen) atoms. The van der Waals surface area contributed by atoms with E-state index < -0.39 is 0 Å². The van der Waals surface area contributed by atoms with Gasteiger partial charge < -0.3 is 10.4 Å². The van der Waals surface area contributed by atoms with Gasteiger partial charge in [0.25, 0.3) is 0 Å². The number of anilines is 1. The minimum absolute atomic E-state index is 0.201. The van der Waals surface area contributed by atoms with Crippen molar-refractivity contribution >= 4 is 27.4 Å². The van der Waals surface area contributed by atoms with Crippen molar-refractivity contribution in [1.29, 1.82) is 5.26 Å². The summed E-state index contributed by atoms with van der Waals surface area (Å²) in [6, 6.07) is 19.2. The number of piperidine rings is 1. The molecule has 1 atom stereocenters. The number of rotatable bonds is 6. The lowest BCUT2D eigenvalue weighted by Gasteiger charge is -2.33. The number of nitriles is 1. The van der Waals surface area contributed by atoms with Gasteiger partial charge in [0.2, 0.25) is 0 Å². The molecule has 4 aromatic rings. The van der Waals surface area contributed by atoms with Gasteiger partial charge in [-0.05, 0) is 71.1 Å². The average Bonchev–Trinajstić information content (AvgIpc) is 3.24. The van der Waals surface area contributed by atoms with E-state index in [2.05, 4.69) is 37.3 Å². The molecule has 1 aliphatic rings. The number of fused-ring (bicyclic) bond motifs is 1. The maximum absolute atomic E-state index is 10.3. The summed E-state index contributed by atoms with van der Waals surface area (Å²) in [5, 5.41) is 27.4. The number of nitrogens with zero attached hydrogens (tertiary/aromatic N) is 5. The van der Waals surface area contributed by atoms with Gasteiger partial charge in [0, 0.05) is 31.3 Å². The van der Waals surface area contributed by atoms with E-state index in [1.807, 2.05) is 42.5 Å². The number of halogens is 1. The number of phenols is 1. The highest BCUT2D eigenvalue weighted by molar-refractivity contribution is 9.10. The third-order valence-corrected chi connectivity index (χ3v) is 6.83. The number of aromatic nitrogens is 3. The number of benzene rings is 2. The minimum atomic E-state index is 0.201. The Labute approximate surface area is 206 Å². The number of phenolic OH excluding ortho intramolecular Hbond substituents is 1. The number of aromatic hydroxyl groups is 1. The van der Waals surface area contributed by atoms with Crippen LogP contribution in [0, 0.1) is 17.2 Å². The van der Waals surface area contributed by atoms with E-state index >= 15 is 0 Å². The predicted octanol–water partition coefficient (Wildman–Crippen LogP) is 5.06. The fraction of sp³-hybridized carbons (Fsp3) is 0.269. The summed E-state index contributed by atoms with van der Waals surface area (Å²) in [4.78, 5) is 7.20. The largest absolute Gasteiger partial charge is 0.507 e. The van der Waals surface area contributed by atoms with Crippen LogP contribution in [0.3, 0.4) is 0 Å². The van der Waals surface area contributed by atoms with Gasteiger partial charge in [-0.3, -0.25) is 4.90 Å². The van der Waals surface area contributed by atoms with Gasteiger partial charge in [-0.25, -0.2) is 4.98 Å². The van der Waals surface area contributed by atoms with E-state index in [9.17, 15) is 5.11 Å². The maximum atomic E-state index is 10.3. The number of para-hydroxylation sites is 1. The fourth-order valence-electron chi connectivity index (χ4n) is 4.54. The van der Waals surface area contributed by atoms with Crippen molar-refractivity contribution in [3.63, 3.8) is 0 Å². The molecule has 2 N–H and O–H groups in total. The molecule has 0 bridgehead atoms. The van der Waals surface area contributed by atoms with E-state index in [1.54, 1.807) is 22.8 Å². The zero-order chi connectivity index (χ0) is 23.5. The number of hydrogen-bond donors (Lipinski definition) is 2. The zero-order valence-corrected chi connectivity index (χ0v) is 20.2. The molecule has 1 aliphatic heterocycles. The molecule has 8 heteroatoms. The molecule has 2 aromatic carbocycles. The minimum Gasteiger partial charge on any atom is -0.507 e. The Balaban J connectivity index is 1.31. The monoisotopic (exact) mass is 516 g/mol. The number of likely N-dealkylation sites (tertiary alicyclic amines) is 1. The van der Waals surface area contributed by atoms with E-state index in [0.717, 1.165) is 42.9 Å². The first-order valence-electron chi connectivity index (χ1n) is 11.4. The van der Waals surface area contributed by atoms with Crippen molar-refractivity contribution in [2.45, 2.75) is 19.4 Å². The molecule has 0 radical (unpaired) electrons. The van der Waals surface area contributed by atoms with E-state index in [0.29, 0.717) is 28.4 Å². The third-order valence-electron chi connectivity index (χ3n) is 6.27. The second-order valence-electron chi connectivity index (χ2n) is 8.70. The van der Waals surface area contributed by atoms with E-state index in [1.165, 1.54) is 12.0 Å². The molecule has 2 aromatic heterocycles. The molecule has 1 saturated heterocycles. The highest BCUT2D eigenvalue weighted by atomic mass is 79.9. The predicted molar refractivity (Wildman–Crippen MR) is 135 cm³/mol. The van der Waals surface area contributed by atoms with Gasteiger partial charge in [0.1, 0.15) is 11.6 Å². The van der Waals surface area contributed by atoms with E-state index in [-0.39, 0.29) is 5.75 Å². The molecule has 1 fully saturated rings. The summed E-state index contributed by atoms with van der Waals surface area (Å²) < 4.78 is 2.60. The van der Waals surface area contributed by atoms with Gasteiger partial charge in [0.15, 0.2) is 5.65 Å². The first kappa shape index (κ1) is 22.4. The van der Waals surface area contributed by atoms with Crippen LogP contribution in [0.15, 0.2) is 65.3 Å². The average molecular weight is 517 g/mol. The number of hydrogen-bond acceptors (Lipinski definition) is 6. The van der Waals surface area contributed by atoms with Crippen LogP contribution in [0.2, 0.25) is 0 Å². The highest BCUT2D eigenvalue weighted by Gasteiger charge is 2.21. The molecular weight excluding hydrogens is 492 g/mol. The van der Waals surface area contributed by atoms with Crippen LogP contribution >= 0.6 is 15.9 Å².